The van der Waals surface area contributed by atoms with Gasteiger partial charge in [-0.05, 0) is 18.2 Å². The highest BCUT2D eigenvalue weighted by Gasteiger charge is 1.92. The van der Waals surface area contributed by atoms with Crippen LogP contribution in [0.15, 0.2) is 18.2 Å². The third-order valence-corrected chi connectivity index (χ3v) is 1.08. The lowest BCUT2D eigenvalue weighted by molar-refractivity contribution is 0.417. The maximum absolute atomic E-state index is 5.49. The van der Waals surface area contributed by atoms with E-state index in [0.717, 1.165) is 0 Å². The van der Waals surface area contributed by atoms with Crippen LogP contribution in [0, 0.1) is 6.07 Å². The number of nitrogens with two attached hydrogens (primary N) is 1. The third-order valence-electron chi connectivity index (χ3n) is 1.08. The first-order valence-corrected chi connectivity index (χ1v) is 2.64. The molecule has 2 N–H and O–H groups in total. The molecule has 0 saturated carbocycles. The predicted molar refractivity (Wildman–Crippen MR) is 36.2 cm³/mol. The minimum absolute atomic E-state index is 0.649. The van der Waals surface area contributed by atoms with Gasteiger partial charge in [0.1, 0.15) is 5.75 Å². The van der Waals surface area contributed by atoms with E-state index in [1.165, 1.54) is 0 Å². The number of hydrogen-bond donors (Lipinski definition) is 1. The standard InChI is InChI=1S/C7H8NO/c1-9-7-5-3-2-4-6(7)8/h2,4-5H,8H2,1H3. The molecule has 0 fully saturated rings. The lowest BCUT2D eigenvalue weighted by Gasteiger charge is -2.00. The Hall–Kier alpha value is -1.18. The molecule has 1 aromatic carbocycles. The fourth-order valence-electron chi connectivity index (χ4n) is 0.604. The van der Waals surface area contributed by atoms with Crippen molar-refractivity contribution in [3.8, 4) is 5.75 Å². The second-order valence-corrected chi connectivity index (χ2v) is 1.67. The van der Waals surface area contributed by atoms with E-state index < -0.39 is 0 Å². The van der Waals surface area contributed by atoms with E-state index in [4.69, 9.17) is 10.5 Å². The van der Waals surface area contributed by atoms with Gasteiger partial charge in [-0.3, -0.25) is 0 Å². The molecule has 0 amide bonds. The summed E-state index contributed by atoms with van der Waals surface area (Å²) in [6.45, 7) is 0. The molecule has 1 radical (unpaired) electrons. The van der Waals surface area contributed by atoms with Gasteiger partial charge < -0.3 is 10.5 Å². The quantitative estimate of drug-likeness (QED) is 0.565. The molecule has 0 aliphatic carbocycles. The molecule has 0 spiro atoms. The largest absolute Gasteiger partial charge is 0.495 e. The molecule has 0 heterocycles. The number of rotatable bonds is 1. The first-order chi connectivity index (χ1) is 4.34. The van der Waals surface area contributed by atoms with Gasteiger partial charge in [0.2, 0.25) is 0 Å². The smallest absolute Gasteiger partial charge is 0.142 e. The van der Waals surface area contributed by atoms with Crippen LogP contribution in [0.25, 0.3) is 0 Å². The molecule has 47 valence electrons. The summed E-state index contributed by atoms with van der Waals surface area (Å²) < 4.78 is 4.89. The summed E-state index contributed by atoms with van der Waals surface area (Å²) in [6.07, 6.45) is 0. The molecule has 1 rings (SSSR count). The molecular formula is C7H8NO. The van der Waals surface area contributed by atoms with Crippen LogP contribution in [0.1, 0.15) is 0 Å². The molecule has 9 heavy (non-hydrogen) atoms. The van der Waals surface area contributed by atoms with Crippen LogP contribution in [0.5, 0.6) is 5.75 Å². The minimum atomic E-state index is 0.649. The molecule has 0 aromatic heterocycles. The van der Waals surface area contributed by atoms with Gasteiger partial charge >= 0.3 is 0 Å². The summed E-state index contributed by atoms with van der Waals surface area (Å²) in [5, 5.41) is 0. The predicted octanol–water partition coefficient (Wildman–Crippen LogP) is 1.08. The van der Waals surface area contributed by atoms with E-state index in [-0.39, 0.29) is 0 Å². The zero-order valence-corrected chi connectivity index (χ0v) is 5.22. The molecule has 0 aliphatic heterocycles. The Balaban J connectivity index is 3.01. The molecule has 2 heteroatoms. The summed E-state index contributed by atoms with van der Waals surface area (Å²) >= 11 is 0. The van der Waals surface area contributed by atoms with E-state index >= 15 is 0 Å². The van der Waals surface area contributed by atoms with Crippen molar-refractivity contribution in [3.63, 3.8) is 0 Å². The minimum Gasteiger partial charge on any atom is -0.495 e. The highest BCUT2D eigenvalue weighted by molar-refractivity contribution is 5.51. The van der Waals surface area contributed by atoms with E-state index in [1.807, 2.05) is 0 Å². The maximum atomic E-state index is 5.49. The Labute approximate surface area is 54.2 Å². The topological polar surface area (TPSA) is 35.2 Å². The van der Waals surface area contributed by atoms with Crippen LogP contribution in [-0.2, 0) is 0 Å². The normalized spacial score (nSPS) is 9.00. The number of ether oxygens (including phenoxy) is 1. The monoisotopic (exact) mass is 122 g/mol. The van der Waals surface area contributed by atoms with Gasteiger partial charge in [0, 0.05) is 0 Å². The van der Waals surface area contributed by atoms with Crippen molar-refractivity contribution in [2.24, 2.45) is 0 Å². The lowest BCUT2D eigenvalue weighted by atomic mass is 10.3. The van der Waals surface area contributed by atoms with E-state index in [2.05, 4.69) is 6.07 Å². The Bertz CT molecular complexity index is 198. The van der Waals surface area contributed by atoms with Crippen LogP contribution in [-0.4, -0.2) is 7.11 Å². The first-order valence-electron chi connectivity index (χ1n) is 2.64. The average Bonchev–Trinajstić information content (AvgIpc) is 1.89. The Morgan fingerprint density at radius 2 is 2.44 bits per heavy atom. The Morgan fingerprint density at radius 1 is 1.67 bits per heavy atom. The molecule has 0 atom stereocenters. The van der Waals surface area contributed by atoms with Crippen molar-refractivity contribution < 1.29 is 4.74 Å². The van der Waals surface area contributed by atoms with Crippen molar-refractivity contribution in [1.29, 1.82) is 0 Å². The maximum Gasteiger partial charge on any atom is 0.142 e. The molecule has 0 saturated heterocycles. The van der Waals surface area contributed by atoms with Gasteiger partial charge in [-0.2, -0.15) is 0 Å². The van der Waals surface area contributed by atoms with E-state index in [1.54, 1.807) is 25.3 Å². The number of anilines is 1. The second kappa shape index (κ2) is 2.40. The molecule has 0 bridgehead atoms. The van der Waals surface area contributed by atoms with Crippen molar-refractivity contribution in [1.82, 2.24) is 0 Å². The summed E-state index contributed by atoms with van der Waals surface area (Å²) in [6, 6.07) is 8.05. The lowest BCUT2D eigenvalue weighted by Crippen LogP contribution is -1.90. The van der Waals surface area contributed by atoms with Crippen LogP contribution in [0.4, 0.5) is 5.69 Å². The Kier molecular flexibility index (Phi) is 1.58. The highest BCUT2D eigenvalue weighted by atomic mass is 16.5. The van der Waals surface area contributed by atoms with Crippen molar-refractivity contribution in [2.45, 2.75) is 0 Å². The third kappa shape index (κ3) is 1.13. The van der Waals surface area contributed by atoms with Crippen LogP contribution >= 0.6 is 0 Å². The summed E-state index contributed by atoms with van der Waals surface area (Å²) in [5.41, 5.74) is 6.14. The number of hydrogen-bond acceptors (Lipinski definition) is 2. The van der Waals surface area contributed by atoms with Gasteiger partial charge in [0.05, 0.1) is 12.8 Å². The highest BCUT2D eigenvalue weighted by Crippen LogP contribution is 2.17. The van der Waals surface area contributed by atoms with Crippen LogP contribution < -0.4 is 10.5 Å². The van der Waals surface area contributed by atoms with Crippen molar-refractivity contribution in [2.75, 3.05) is 12.8 Å². The SMILES string of the molecule is COc1c[c]ccc1N. The van der Waals surface area contributed by atoms with Gasteiger partial charge in [-0.25, -0.2) is 0 Å². The molecular weight excluding hydrogens is 114 g/mol. The first kappa shape index (κ1) is 5.95. The Morgan fingerprint density at radius 3 is 2.89 bits per heavy atom. The fraction of sp³-hybridized carbons (Fsp3) is 0.143. The fourth-order valence-corrected chi connectivity index (χ4v) is 0.604. The van der Waals surface area contributed by atoms with Crippen molar-refractivity contribution in [3.05, 3.63) is 24.3 Å². The van der Waals surface area contributed by atoms with Gasteiger partial charge in [-0.15, -0.1) is 0 Å². The van der Waals surface area contributed by atoms with Gasteiger partial charge in [0.15, 0.2) is 0 Å². The molecule has 2 nitrogen and oxygen atoms in total. The number of methoxy groups -OCH3 is 1. The number of benzene rings is 1. The summed E-state index contributed by atoms with van der Waals surface area (Å²) in [7, 11) is 1.58. The van der Waals surface area contributed by atoms with Crippen LogP contribution in [0.3, 0.4) is 0 Å². The molecule has 1 aromatic rings. The van der Waals surface area contributed by atoms with E-state index in [9.17, 15) is 0 Å². The van der Waals surface area contributed by atoms with Gasteiger partial charge in [0.25, 0.3) is 0 Å². The summed E-state index contributed by atoms with van der Waals surface area (Å²) in [4.78, 5) is 0. The second-order valence-electron chi connectivity index (χ2n) is 1.67. The van der Waals surface area contributed by atoms with E-state index in [0.29, 0.717) is 11.4 Å². The average molecular weight is 122 g/mol. The zero-order valence-electron chi connectivity index (χ0n) is 5.22. The zero-order chi connectivity index (χ0) is 6.69. The molecule has 0 unspecified atom stereocenters. The summed E-state index contributed by atoms with van der Waals surface area (Å²) in [5.74, 6) is 0.678. The van der Waals surface area contributed by atoms with Crippen molar-refractivity contribution >= 4 is 5.69 Å². The molecule has 0 aliphatic rings. The van der Waals surface area contributed by atoms with Gasteiger partial charge in [-0.1, -0.05) is 6.07 Å². The number of nitrogen functional groups attached to an aromatic ring is 1. The van der Waals surface area contributed by atoms with Crippen LogP contribution in [0.2, 0.25) is 0 Å².